The average molecular weight is 314 g/mol. The highest BCUT2D eigenvalue weighted by molar-refractivity contribution is 5.84. The van der Waals surface area contributed by atoms with Crippen molar-refractivity contribution >= 4 is 5.57 Å². The first-order valence-corrected chi connectivity index (χ1v) is 7.10. The van der Waals surface area contributed by atoms with Crippen molar-refractivity contribution in [2.75, 3.05) is 13.2 Å². The van der Waals surface area contributed by atoms with E-state index in [9.17, 15) is 4.39 Å². The van der Waals surface area contributed by atoms with Crippen LogP contribution in [0, 0.1) is 5.82 Å². The molecule has 0 aliphatic carbocycles. The molecule has 0 aliphatic rings. The number of halogens is 1. The van der Waals surface area contributed by atoms with Crippen LogP contribution in [-0.2, 0) is 0 Å². The molecule has 0 fully saturated rings. The van der Waals surface area contributed by atoms with Crippen molar-refractivity contribution in [3.05, 3.63) is 72.5 Å². The molecule has 23 heavy (non-hydrogen) atoms. The molecule has 1 aromatic carbocycles. The van der Waals surface area contributed by atoms with Crippen LogP contribution in [0.1, 0.15) is 5.56 Å². The Kier molecular flexibility index (Phi) is 5.71. The van der Waals surface area contributed by atoms with Crippen LogP contribution in [0.25, 0.3) is 16.8 Å². The maximum absolute atomic E-state index is 13.1. The van der Waals surface area contributed by atoms with Crippen LogP contribution in [0.15, 0.2) is 61.1 Å². The van der Waals surface area contributed by atoms with E-state index < -0.39 is 0 Å². The van der Waals surface area contributed by atoms with Gasteiger partial charge in [0.2, 0.25) is 0 Å². The van der Waals surface area contributed by atoms with Gasteiger partial charge in [0.15, 0.2) is 0 Å². The van der Waals surface area contributed by atoms with Gasteiger partial charge in [-0.25, -0.2) is 4.39 Å². The molecule has 120 valence electrons. The Morgan fingerprint density at radius 2 is 2.13 bits per heavy atom. The lowest BCUT2D eigenvalue weighted by molar-refractivity contribution is 0.297. The number of H-pyrrole nitrogens is 1. The number of nitrogens with one attached hydrogen (secondary N) is 2. The van der Waals surface area contributed by atoms with Crippen molar-refractivity contribution < 1.29 is 9.50 Å². The smallest absolute Gasteiger partial charge is 0.123 e. The maximum atomic E-state index is 13.1. The number of aliphatic hydroxyl groups excluding tert-OH is 1. The predicted octanol–water partition coefficient (Wildman–Crippen LogP) is 2.17. The minimum absolute atomic E-state index is 0.0123. The molecule has 6 heteroatoms. The standard InChI is InChI=1S/C17H19FN4O/c1-2-3-13(10-16(19)20-8-9-23)15-11-21-22-17(15)12-4-6-14(18)7-5-12/h2-7,10-11,20,23H,1,8-9,19H2,(H,21,22)/b13-3+,16-10+. The molecule has 1 aromatic heterocycles. The Balaban J connectivity index is 2.38. The van der Waals surface area contributed by atoms with Gasteiger partial charge in [-0.2, -0.15) is 5.10 Å². The molecular formula is C17H19FN4O. The van der Waals surface area contributed by atoms with Crippen LogP contribution in [0.2, 0.25) is 0 Å². The summed E-state index contributed by atoms with van der Waals surface area (Å²) < 4.78 is 13.1. The van der Waals surface area contributed by atoms with Crippen LogP contribution in [-0.4, -0.2) is 28.5 Å². The molecule has 0 unspecified atom stereocenters. The van der Waals surface area contributed by atoms with Gasteiger partial charge in [0.05, 0.1) is 18.1 Å². The lowest BCUT2D eigenvalue weighted by atomic mass is 10.0. The number of hydrogen-bond donors (Lipinski definition) is 4. The molecule has 0 atom stereocenters. The first kappa shape index (κ1) is 16.5. The van der Waals surface area contributed by atoms with Gasteiger partial charge in [0.1, 0.15) is 5.82 Å². The SMILES string of the molecule is C=C/C=C(\C=C(/N)NCCO)c1c[nH]nc1-c1ccc(F)cc1. The van der Waals surface area contributed by atoms with Crippen LogP contribution >= 0.6 is 0 Å². The summed E-state index contributed by atoms with van der Waals surface area (Å²) in [6, 6.07) is 6.10. The Hall–Kier alpha value is -2.86. The first-order chi connectivity index (χ1) is 11.2. The quantitative estimate of drug-likeness (QED) is 0.590. The number of aromatic amines is 1. The summed E-state index contributed by atoms with van der Waals surface area (Å²) in [7, 11) is 0. The molecule has 0 aliphatic heterocycles. The first-order valence-electron chi connectivity index (χ1n) is 7.10. The second-order valence-electron chi connectivity index (χ2n) is 4.76. The number of aromatic nitrogens is 2. The zero-order chi connectivity index (χ0) is 16.7. The van der Waals surface area contributed by atoms with E-state index in [1.165, 1.54) is 12.1 Å². The van der Waals surface area contributed by atoms with Crippen molar-refractivity contribution in [3.63, 3.8) is 0 Å². The summed E-state index contributed by atoms with van der Waals surface area (Å²) in [6.07, 6.45) is 6.91. The number of nitrogens with zero attached hydrogens (tertiary/aromatic N) is 1. The van der Waals surface area contributed by atoms with E-state index in [0.717, 1.165) is 16.7 Å². The van der Waals surface area contributed by atoms with Crippen LogP contribution in [0.3, 0.4) is 0 Å². The Morgan fingerprint density at radius 1 is 1.39 bits per heavy atom. The number of nitrogens with two attached hydrogens (primary N) is 1. The fraction of sp³-hybridized carbons (Fsp3) is 0.118. The zero-order valence-corrected chi connectivity index (χ0v) is 12.6. The Morgan fingerprint density at radius 3 is 2.78 bits per heavy atom. The van der Waals surface area contributed by atoms with Crippen LogP contribution < -0.4 is 11.1 Å². The van der Waals surface area contributed by atoms with E-state index in [-0.39, 0.29) is 12.4 Å². The van der Waals surface area contributed by atoms with Crippen molar-refractivity contribution in [1.82, 2.24) is 15.5 Å². The molecule has 5 N–H and O–H groups in total. The normalized spacial score (nSPS) is 12.3. The second kappa shape index (κ2) is 7.95. The van der Waals surface area contributed by atoms with Gasteiger partial charge >= 0.3 is 0 Å². The van der Waals surface area contributed by atoms with Crippen molar-refractivity contribution in [1.29, 1.82) is 0 Å². The van der Waals surface area contributed by atoms with Gasteiger partial charge in [-0.3, -0.25) is 5.10 Å². The van der Waals surface area contributed by atoms with Gasteiger partial charge in [0, 0.05) is 23.9 Å². The summed E-state index contributed by atoms with van der Waals surface area (Å²) in [6.45, 7) is 4.06. The van der Waals surface area contributed by atoms with Gasteiger partial charge in [-0.15, -0.1) is 0 Å². The zero-order valence-electron chi connectivity index (χ0n) is 12.6. The fourth-order valence-corrected chi connectivity index (χ4v) is 2.10. The second-order valence-corrected chi connectivity index (χ2v) is 4.76. The Labute approximate surface area is 134 Å². The van der Waals surface area contributed by atoms with E-state index in [0.29, 0.717) is 18.1 Å². The van der Waals surface area contributed by atoms with Crippen molar-refractivity contribution in [2.45, 2.75) is 0 Å². The molecule has 2 aromatic rings. The highest BCUT2D eigenvalue weighted by Gasteiger charge is 2.11. The van der Waals surface area contributed by atoms with E-state index in [2.05, 4.69) is 22.1 Å². The van der Waals surface area contributed by atoms with Gasteiger partial charge in [-0.05, 0) is 35.9 Å². The topological polar surface area (TPSA) is 87.0 Å². The predicted molar refractivity (Wildman–Crippen MR) is 89.5 cm³/mol. The molecule has 0 bridgehead atoms. The van der Waals surface area contributed by atoms with E-state index in [1.807, 2.05) is 0 Å². The lowest BCUT2D eigenvalue weighted by Crippen LogP contribution is -2.23. The third-order valence-electron chi connectivity index (χ3n) is 3.12. The van der Waals surface area contributed by atoms with Crippen LogP contribution in [0.5, 0.6) is 0 Å². The molecule has 2 rings (SSSR count). The minimum Gasteiger partial charge on any atom is -0.395 e. The average Bonchev–Trinajstić information content (AvgIpc) is 3.02. The monoisotopic (exact) mass is 314 g/mol. The lowest BCUT2D eigenvalue weighted by Gasteiger charge is -2.07. The van der Waals surface area contributed by atoms with E-state index in [4.69, 9.17) is 10.8 Å². The van der Waals surface area contributed by atoms with Gasteiger partial charge in [0.25, 0.3) is 0 Å². The van der Waals surface area contributed by atoms with Crippen molar-refractivity contribution in [3.8, 4) is 11.3 Å². The van der Waals surface area contributed by atoms with Crippen molar-refractivity contribution in [2.24, 2.45) is 5.73 Å². The molecule has 0 radical (unpaired) electrons. The van der Waals surface area contributed by atoms with Gasteiger partial charge < -0.3 is 16.2 Å². The number of hydrogen-bond acceptors (Lipinski definition) is 4. The van der Waals surface area contributed by atoms with E-state index in [1.54, 1.807) is 36.6 Å². The maximum Gasteiger partial charge on any atom is 0.123 e. The third-order valence-corrected chi connectivity index (χ3v) is 3.12. The summed E-state index contributed by atoms with van der Waals surface area (Å²) >= 11 is 0. The molecule has 0 amide bonds. The number of allylic oxidation sites excluding steroid dienone is 4. The number of benzene rings is 1. The number of aliphatic hydroxyl groups is 1. The molecule has 0 saturated heterocycles. The third kappa shape index (κ3) is 4.31. The molecule has 1 heterocycles. The summed E-state index contributed by atoms with van der Waals surface area (Å²) in [5.41, 5.74) is 8.96. The highest BCUT2D eigenvalue weighted by atomic mass is 19.1. The molecule has 5 nitrogen and oxygen atoms in total. The Bertz CT molecular complexity index is 716. The molecule has 0 spiro atoms. The number of rotatable bonds is 7. The minimum atomic E-state index is -0.301. The summed E-state index contributed by atoms with van der Waals surface area (Å²) in [4.78, 5) is 0. The largest absolute Gasteiger partial charge is 0.395 e. The summed E-state index contributed by atoms with van der Waals surface area (Å²) in [5, 5.41) is 18.8. The molecular weight excluding hydrogens is 295 g/mol. The van der Waals surface area contributed by atoms with E-state index >= 15 is 0 Å². The highest BCUT2D eigenvalue weighted by Crippen LogP contribution is 2.28. The fourth-order valence-electron chi connectivity index (χ4n) is 2.10. The summed E-state index contributed by atoms with van der Waals surface area (Å²) in [5.74, 6) is 0.114. The molecule has 0 saturated carbocycles. The van der Waals surface area contributed by atoms with Gasteiger partial charge in [-0.1, -0.05) is 18.7 Å². The van der Waals surface area contributed by atoms with Crippen LogP contribution in [0.4, 0.5) is 4.39 Å².